The van der Waals surface area contributed by atoms with E-state index in [1.54, 1.807) is 17.4 Å². The number of ether oxygens (including phenoxy) is 1. The van der Waals surface area contributed by atoms with Crippen LogP contribution in [0.15, 0.2) is 35.1 Å². The second-order valence-electron chi connectivity index (χ2n) is 4.51. The molecule has 3 aromatic rings. The van der Waals surface area contributed by atoms with E-state index in [0.29, 0.717) is 11.3 Å². The molecular formula is C14H13N3O3. The number of esters is 1. The number of hydrogen-bond donors (Lipinski definition) is 0. The van der Waals surface area contributed by atoms with Crippen molar-refractivity contribution in [1.29, 1.82) is 0 Å². The van der Waals surface area contributed by atoms with Gasteiger partial charge in [-0.05, 0) is 19.1 Å². The lowest BCUT2D eigenvalue weighted by molar-refractivity contribution is -0.141. The van der Waals surface area contributed by atoms with Gasteiger partial charge in [0.1, 0.15) is 17.9 Å². The molecular weight excluding hydrogens is 258 g/mol. The van der Waals surface area contributed by atoms with Gasteiger partial charge in [-0.25, -0.2) is 4.68 Å². The van der Waals surface area contributed by atoms with Gasteiger partial charge in [-0.15, -0.1) is 0 Å². The monoisotopic (exact) mass is 271 g/mol. The van der Waals surface area contributed by atoms with E-state index in [1.807, 2.05) is 24.3 Å². The van der Waals surface area contributed by atoms with Crippen LogP contribution >= 0.6 is 0 Å². The Morgan fingerprint density at radius 3 is 2.80 bits per heavy atom. The molecule has 0 aliphatic rings. The highest BCUT2D eigenvalue weighted by Crippen LogP contribution is 2.18. The number of nitrogens with zero attached hydrogens (tertiary/aromatic N) is 3. The standard InChI is InChI=1S/C14H13N3O3/c1-9-15-16(8-13(18)20-2)14(19)12-7-10-5-3-4-6-11(10)17(9)12/h3-7H,8H2,1-2H3. The molecule has 2 aromatic heterocycles. The normalized spacial score (nSPS) is 11.1. The number of rotatable bonds is 2. The molecule has 20 heavy (non-hydrogen) atoms. The number of aryl methyl sites for hydroxylation is 1. The second kappa shape index (κ2) is 4.48. The predicted octanol–water partition coefficient (Wildman–Crippen LogP) is 1.13. The number of carbonyl (C=O) groups excluding carboxylic acids is 1. The fourth-order valence-electron chi connectivity index (χ4n) is 2.35. The molecule has 2 heterocycles. The van der Waals surface area contributed by atoms with Crippen molar-refractivity contribution in [2.45, 2.75) is 13.5 Å². The van der Waals surface area contributed by atoms with E-state index in [1.165, 1.54) is 7.11 Å². The van der Waals surface area contributed by atoms with E-state index in [2.05, 4.69) is 9.84 Å². The van der Waals surface area contributed by atoms with Gasteiger partial charge in [0.25, 0.3) is 5.56 Å². The topological polar surface area (TPSA) is 65.6 Å². The van der Waals surface area contributed by atoms with Crippen molar-refractivity contribution in [2.75, 3.05) is 7.11 Å². The molecule has 0 amide bonds. The number of aromatic nitrogens is 3. The van der Waals surface area contributed by atoms with Crippen LogP contribution in [0, 0.1) is 6.92 Å². The zero-order chi connectivity index (χ0) is 14.3. The highest BCUT2D eigenvalue weighted by atomic mass is 16.5. The predicted molar refractivity (Wildman–Crippen MR) is 73.7 cm³/mol. The lowest BCUT2D eigenvalue weighted by Gasteiger charge is -2.07. The first-order valence-corrected chi connectivity index (χ1v) is 6.16. The molecule has 0 bridgehead atoms. The largest absolute Gasteiger partial charge is 0.468 e. The smallest absolute Gasteiger partial charge is 0.327 e. The third-order valence-corrected chi connectivity index (χ3v) is 3.26. The minimum absolute atomic E-state index is 0.186. The minimum atomic E-state index is -0.500. The van der Waals surface area contributed by atoms with Crippen molar-refractivity contribution >= 4 is 22.4 Å². The summed E-state index contributed by atoms with van der Waals surface area (Å²) in [7, 11) is 1.28. The van der Waals surface area contributed by atoms with Crippen LogP contribution in [0.25, 0.3) is 16.4 Å². The number of methoxy groups -OCH3 is 1. The summed E-state index contributed by atoms with van der Waals surface area (Å²) in [6.45, 7) is 1.61. The Kier molecular flexibility index (Phi) is 2.78. The van der Waals surface area contributed by atoms with Crippen molar-refractivity contribution < 1.29 is 9.53 Å². The lowest BCUT2D eigenvalue weighted by atomic mass is 10.2. The first kappa shape index (κ1) is 12.4. The molecule has 0 aliphatic carbocycles. The van der Waals surface area contributed by atoms with Crippen molar-refractivity contribution in [3.63, 3.8) is 0 Å². The Hall–Kier alpha value is -2.63. The van der Waals surface area contributed by atoms with Gasteiger partial charge in [0.15, 0.2) is 0 Å². The summed E-state index contributed by atoms with van der Waals surface area (Å²) in [6.07, 6.45) is 0. The second-order valence-corrected chi connectivity index (χ2v) is 4.51. The molecule has 0 unspecified atom stereocenters. The molecule has 102 valence electrons. The zero-order valence-corrected chi connectivity index (χ0v) is 11.2. The summed E-state index contributed by atoms with van der Waals surface area (Å²) in [5.74, 6) is 0.143. The number of para-hydroxylation sites is 1. The van der Waals surface area contributed by atoms with Crippen LogP contribution in [0.2, 0.25) is 0 Å². The molecule has 3 rings (SSSR count). The highest BCUT2D eigenvalue weighted by Gasteiger charge is 2.13. The van der Waals surface area contributed by atoms with Crippen molar-refractivity contribution in [2.24, 2.45) is 0 Å². The van der Waals surface area contributed by atoms with Crippen LogP contribution in [-0.2, 0) is 16.1 Å². The number of fused-ring (bicyclic) bond motifs is 3. The van der Waals surface area contributed by atoms with Crippen LogP contribution in [0.5, 0.6) is 0 Å². The first-order chi connectivity index (χ1) is 9.61. The van der Waals surface area contributed by atoms with E-state index in [9.17, 15) is 9.59 Å². The highest BCUT2D eigenvalue weighted by molar-refractivity contribution is 5.87. The van der Waals surface area contributed by atoms with E-state index in [-0.39, 0.29) is 12.1 Å². The molecule has 0 radical (unpaired) electrons. The maximum absolute atomic E-state index is 12.4. The van der Waals surface area contributed by atoms with Crippen LogP contribution in [-0.4, -0.2) is 27.3 Å². The Morgan fingerprint density at radius 2 is 2.05 bits per heavy atom. The quantitative estimate of drug-likeness (QED) is 0.655. The van der Waals surface area contributed by atoms with Crippen LogP contribution < -0.4 is 5.56 Å². The summed E-state index contributed by atoms with van der Waals surface area (Å²) in [4.78, 5) is 23.7. The fourth-order valence-corrected chi connectivity index (χ4v) is 2.35. The molecule has 0 fully saturated rings. The van der Waals surface area contributed by atoms with Crippen LogP contribution in [0.1, 0.15) is 5.82 Å². The minimum Gasteiger partial charge on any atom is -0.468 e. The third kappa shape index (κ3) is 1.77. The van der Waals surface area contributed by atoms with Gasteiger partial charge in [0, 0.05) is 5.39 Å². The fraction of sp³-hybridized carbons (Fsp3) is 0.214. The van der Waals surface area contributed by atoms with E-state index in [0.717, 1.165) is 15.6 Å². The van der Waals surface area contributed by atoms with Gasteiger partial charge in [-0.2, -0.15) is 5.10 Å². The molecule has 0 aliphatic heterocycles. The van der Waals surface area contributed by atoms with Gasteiger partial charge in [-0.3, -0.25) is 14.0 Å². The zero-order valence-electron chi connectivity index (χ0n) is 11.2. The van der Waals surface area contributed by atoms with Crippen LogP contribution in [0.3, 0.4) is 0 Å². The van der Waals surface area contributed by atoms with Crippen molar-refractivity contribution in [3.05, 3.63) is 46.5 Å². The summed E-state index contributed by atoms with van der Waals surface area (Å²) in [5, 5.41) is 5.14. The van der Waals surface area contributed by atoms with Gasteiger partial charge >= 0.3 is 5.97 Å². The Morgan fingerprint density at radius 1 is 1.30 bits per heavy atom. The van der Waals surface area contributed by atoms with Crippen molar-refractivity contribution in [1.82, 2.24) is 14.2 Å². The molecule has 0 atom stereocenters. The van der Waals surface area contributed by atoms with Gasteiger partial charge < -0.3 is 4.74 Å². The SMILES string of the molecule is COC(=O)Cn1nc(C)n2c(cc3ccccc32)c1=O. The number of carbonyl (C=O) groups is 1. The van der Waals surface area contributed by atoms with E-state index in [4.69, 9.17) is 0 Å². The number of hydrogen-bond acceptors (Lipinski definition) is 4. The molecule has 0 spiro atoms. The average molecular weight is 271 g/mol. The maximum atomic E-state index is 12.4. The average Bonchev–Trinajstić information content (AvgIpc) is 2.84. The van der Waals surface area contributed by atoms with Gasteiger partial charge in [0.2, 0.25) is 0 Å². The van der Waals surface area contributed by atoms with E-state index < -0.39 is 5.97 Å². The summed E-state index contributed by atoms with van der Waals surface area (Å²) < 4.78 is 7.51. The molecule has 6 nitrogen and oxygen atoms in total. The Labute approximate surface area is 114 Å². The van der Waals surface area contributed by atoms with E-state index >= 15 is 0 Å². The summed E-state index contributed by atoms with van der Waals surface area (Å²) in [5.41, 5.74) is 1.12. The molecule has 0 N–H and O–H groups in total. The summed E-state index contributed by atoms with van der Waals surface area (Å²) in [6, 6.07) is 9.50. The molecule has 0 saturated heterocycles. The number of benzene rings is 1. The maximum Gasteiger partial charge on any atom is 0.327 e. The van der Waals surface area contributed by atoms with Gasteiger partial charge in [-0.1, -0.05) is 18.2 Å². The molecule has 6 heteroatoms. The Bertz CT molecular complexity index is 876. The Balaban J connectivity index is 2.33. The molecule has 1 aromatic carbocycles. The van der Waals surface area contributed by atoms with Crippen LogP contribution in [0.4, 0.5) is 0 Å². The first-order valence-electron chi connectivity index (χ1n) is 6.16. The lowest BCUT2D eigenvalue weighted by Crippen LogP contribution is -2.29. The third-order valence-electron chi connectivity index (χ3n) is 3.26. The molecule has 0 saturated carbocycles. The summed E-state index contributed by atoms with van der Waals surface area (Å²) >= 11 is 0. The van der Waals surface area contributed by atoms with Crippen molar-refractivity contribution in [3.8, 4) is 0 Å². The van der Waals surface area contributed by atoms with Gasteiger partial charge in [0.05, 0.1) is 12.6 Å².